The zero-order valence-corrected chi connectivity index (χ0v) is 11.3. The van der Waals surface area contributed by atoms with E-state index in [9.17, 15) is 13.6 Å². The number of aromatic nitrogens is 1. The van der Waals surface area contributed by atoms with E-state index in [0.717, 1.165) is 6.20 Å². The van der Waals surface area contributed by atoms with Gasteiger partial charge in [-0.25, -0.2) is 8.78 Å². The van der Waals surface area contributed by atoms with Gasteiger partial charge in [0.15, 0.2) is 0 Å². The van der Waals surface area contributed by atoms with Gasteiger partial charge in [-0.1, -0.05) is 0 Å². The van der Waals surface area contributed by atoms with Gasteiger partial charge in [-0.3, -0.25) is 9.78 Å². The molecule has 0 aromatic carbocycles. The number of methoxy groups -OCH3 is 1. The molecule has 1 aromatic rings. The smallest absolute Gasteiger partial charge is 0.311 e. The number of hydrogen-bond donors (Lipinski definition) is 0. The van der Waals surface area contributed by atoms with Gasteiger partial charge in [0.05, 0.1) is 37.6 Å². The normalized spacial score (nSPS) is 10.6. The first-order chi connectivity index (χ1) is 9.04. The van der Waals surface area contributed by atoms with E-state index in [2.05, 4.69) is 4.98 Å². The summed E-state index contributed by atoms with van der Waals surface area (Å²) in [6.07, 6.45) is -1.79. The number of esters is 1. The Morgan fingerprint density at radius 2 is 2.21 bits per heavy atom. The van der Waals surface area contributed by atoms with E-state index in [0.29, 0.717) is 0 Å². The average Bonchev–Trinajstić information content (AvgIpc) is 2.38. The zero-order valence-electron chi connectivity index (χ0n) is 10.6. The van der Waals surface area contributed by atoms with Crippen LogP contribution in [-0.4, -0.2) is 24.7 Å². The second kappa shape index (κ2) is 7.23. The number of pyridine rings is 1. The van der Waals surface area contributed by atoms with Crippen LogP contribution in [0.15, 0.2) is 6.20 Å². The van der Waals surface area contributed by atoms with E-state index in [1.807, 2.05) is 0 Å². The van der Waals surface area contributed by atoms with Crippen LogP contribution < -0.4 is 4.74 Å². The van der Waals surface area contributed by atoms with Gasteiger partial charge in [0.1, 0.15) is 5.75 Å². The van der Waals surface area contributed by atoms with Crippen LogP contribution in [0.2, 0.25) is 0 Å². The van der Waals surface area contributed by atoms with Crippen molar-refractivity contribution in [2.75, 3.05) is 13.7 Å². The molecule has 7 heteroatoms. The maximum Gasteiger partial charge on any atom is 0.311 e. The summed E-state index contributed by atoms with van der Waals surface area (Å²) >= 11 is 5.69. The summed E-state index contributed by atoms with van der Waals surface area (Å²) in [5.41, 5.74) is -0.0274. The van der Waals surface area contributed by atoms with Crippen molar-refractivity contribution in [3.05, 3.63) is 23.0 Å². The molecule has 1 rings (SSSR count). The summed E-state index contributed by atoms with van der Waals surface area (Å²) < 4.78 is 35.7. The van der Waals surface area contributed by atoms with E-state index >= 15 is 0 Å². The summed E-state index contributed by atoms with van der Waals surface area (Å²) in [6, 6.07) is 0. The Labute approximate surface area is 114 Å². The highest BCUT2D eigenvalue weighted by Crippen LogP contribution is 2.34. The quantitative estimate of drug-likeness (QED) is 0.598. The van der Waals surface area contributed by atoms with E-state index in [-0.39, 0.29) is 41.5 Å². The fraction of sp³-hybridized carbons (Fsp3) is 0.500. The Kier molecular flexibility index (Phi) is 5.95. The molecule has 0 spiro atoms. The lowest BCUT2D eigenvalue weighted by Gasteiger charge is -2.14. The molecule has 19 heavy (non-hydrogen) atoms. The third-order valence-corrected chi connectivity index (χ3v) is 2.73. The molecule has 1 heterocycles. The van der Waals surface area contributed by atoms with Gasteiger partial charge in [-0.2, -0.15) is 0 Å². The van der Waals surface area contributed by atoms with Gasteiger partial charge in [0, 0.05) is 11.4 Å². The van der Waals surface area contributed by atoms with Crippen molar-refractivity contribution in [1.29, 1.82) is 0 Å². The van der Waals surface area contributed by atoms with Crippen molar-refractivity contribution in [3.63, 3.8) is 0 Å². The summed E-state index contributed by atoms with van der Waals surface area (Å²) in [5, 5.41) is 0. The average molecular weight is 294 g/mol. The van der Waals surface area contributed by atoms with Crippen LogP contribution in [0, 0.1) is 0 Å². The molecule has 0 saturated heterocycles. The number of hydrogen-bond acceptors (Lipinski definition) is 4. The predicted molar refractivity (Wildman–Crippen MR) is 65.6 cm³/mol. The van der Waals surface area contributed by atoms with Gasteiger partial charge >= 0.3 is 5.97 Å². The highest BCUT2D eigenvalue weighted by molar-refractivity contribution is 6.17. The lowest BCUT2D eigenvalue weighted by atomic mass is 10.1. The molecule has 0 aliphatic rings. The topological polar surface area (TPSA) is 48.4 Å². The van der Waals surface area contributed by atoms with Crippen molar-refractivity contribution < 1.29 is 23.0 Å². The Morgan fingerprint density at radius 3 is 2.68 bits per heavy atom. The molecule has 0 aliphatic carbocycles. The summed E-state index contributed by atoms with van der Waals surface area (Å²) in [4.78, 5) is 15.3. The minimum Gasteiger partial charge on any atom is -0.495 e. The van der Waals surface area contributed by atoms with E-state index in [1.54, 1.807) is 6.92 Å². The summed E-state index contributed by atoms with van der Waals surface area (Å²) in [5.74, 6) is -0.761. The van der Waals surface area contributed by atoms with Gasteiger partial charge in [0.25, 0.3) is 6.43 Å². The molecule has 0 fully saturated rings. The minimum atomic E-state index is -2.76. The van der Waals surface area contributed by atoms with Crippen LogP contribution in [0.25, 0.3) is 0 Å². The molecule has 1 aromatic heterocycles. The second-order valence-electron chi connectivity index (χ2n) is 3.58. The molecule has 0 amide bonds. The number of carbonyl (C=O) groups is 1. The monoisotopic (exact) mass is 293 g/mol. The van der Waals surface area contributed by atoms with Crippen molar-refractivity contribution in [1.82, 2.24) is 4.98 Å². The molecule has 0 N–H and O–H groups in total. The lowest BCUT2D eigenvalue weighted by molar-refractivity contribution is -0.142. The van der Waals surface area contributed by atoms with Crippen LogP contribution in [0.1, 0.15) is 30.2 Å². The van der Waals surface area contributed by atoms with Crippen LogP contribution in [0.4, 0.5) is 8.78 Å². The lowest BCUT2D eigenvalue weighted by Crippen LogP contribution is -2.12. The van der Waals surface area contributed by atoms with Crippen LogP contribution in [0.5, 0.6) is 5.75 Å². The standard InChI is InChI=1S/C12H14ClF2NO3/c1-3-19-10(17)4-8-7(5-13)11(12(14)15)9(18-2)6-16-8/h6,12H,3-5H2,1-2H3. The number of halogens is 3. The van der Waals surface area contributed by atoms with Gasteiger partial charge in [0.2, 0.25) is 0 Å². The molecule has 4 nitrogen and oxygen atoms in total. The Hall–Kier alpha value is -1.43. The first-order valence-electron chi connectivity index (χ1n) is 5.59. The van der Waals surface area contributed by atoms with Gasteiger partial charge in [-0.05, 0) is 6.92 Å². The Balaban J connectivity index is 3.19. The van der Waals surface area contributed by atoms with Crippen LogP contribution >= 0.6 is 11.6 Å². The Morgan fingerprint density at radius 1 is 1.53 bits per heavy atom. The number of rotatable bonds is 6. The predicted octanol–water partition coefficient (Wildman–Crippen LogP) is 2.87. The highest BCUT2D eigenvalue weighted by atomic mass is 35.5. The molecule has 0 radical (unpaired) electrons. The van der Waals surface area contributed by atoms with Gasteiger partial charge < -0.3 is 9.47 Å². The van der Waals surface area contributed by atoms with Crippen LogP contribution in [-0.2, 0) is 21.8 Å². The summed E-state index contributed by atoms with van der Waals surface area (Å²) in [6.45, 7) is 1.87. The zero-order chi connectivity index (χ0) is 14.4. The fourth-order valence-corrected chi connectivity index (χ4v) is 1.94. The van der Waals surface area contributed by atoms with E-state index in [1.165, 1.54) is 7.11 Å². The molecule has 0 atom stereocenters. The SMILES string of the molecule is CCOC(=O)Cc1ncc(OC)c(C(F)F)c1CCl. The maximum absolute atomic E-state index is 13.0. The maximum atomic E-state index is 13.0. The highest BCUT2D eigenvalue weighted by Gasteiger charge is 2.23. The summed E-state index contributed by atoms with van der Waals surface area (Å²) in [7, 11) is 1.27. The minimum absolute atomic E-state index is 0.0433. The van der Waals surface area contributed by atoms with Crippen LogP contribution in [0.3, 0.4) is 0 Å². The van der Waals surface area contributed by atoms with Gasteiger partial charge in [-0.15, -0.1) is 11.6 Å². The number of ether oxygens (including phenoxy) is 2. The molecule has 0 saturated carbocycles. The number of nitrogens with zero attached hydrogens (tertiary/aromatic N) is 1. The van der Waals surface area contributed by atoms with Crippen molar-refractivity contribution in [2.24, 2.45) is 0 Å². The largest absolute Gasteiger partial charge is 0.495 e. The number of alkyl halides is 3. The third kappa shape index (κ3) is 3.76. The Bertz CT molecular complexity index is 455. The van der Waals surface area contributed by atoms with Crippen molar-refractivity contribution >= 4 is 17.6 Å². The molecule has 0 bridgehead atoms. The molecule has 106 valence electrons. The molecular weight excluding hydrogens is 280 g/mol. The molecule has 0 unspecified atom stereocenters. The molecular formula is C12H14ClF2NO3. The second-order valence-corrected chi connectivity index (χ2v) is 3.85. The fourth-order valence-electron chi connectivity index (χ4n) is 1.64. The van der Waals surface area contributed by atoms with Crippen molar-refractivity contribution in [3.8, 4) is 5.75 Å². The van der Waals surface area contributed by atoms with E-state index in [4.69, 9.17) is 21.1 Å². The van der Waals surface area contributed by atoms with E-state index < -0.39 is 12.4 Å². The molecule has 0 aliphatic heterocycles. The number of carbonyl (C=O) groups excluding carboxylic acids is 1. The third-order valence-electron chi connectivity index (χ3n) is 2.47. The first kappa shape index (κ1) is 15.6. The van der Waals surface area contributed by atoms with Crippen molar-refractivity contribution in [2.45, 2.75) is 25.7 Å². The first-order valence-corrected chi connectivity index (χ1v) is 6.12.